The van der Waals surface area contributed by atoms with Crippen LogP contribution in [0.2, 0.25) is 0 Å². The highest BCUT2D eigenvalue weighted by Gasteiger charge is 2.16. The number of carbonyl (C=O) groups is 5. The van der Waals surface area contributed by atoms with Crippen LogP contribution in [0.15, 0.2) is 60.7 Å². The Hall–Kier alpha value is -5.19. The second-order valence-corrected chi connectivity index (χ2v) is 7.73. The Balaban J connectivity index is 1.72. The molecule has 0 saturated carbocycles. The molecular formula is C27H23NO10. The zero-order chi connectivity index (χ0) is 27.8. The van der Waals surface area contributed by atoms with E-state index in [2.05, 4.69) is 5.32 Å². The number of hydrogen-bond acceptors (Lipinski definition) is 10. The number of amides is 1. The molecule has 0 radical (unpaired) electrons. The first kappa shape index (κ1) is 27.4. The number of esters is 4. The molecule has 3 aromatic carbocycles. The van der Waals surface area contributed by atoms with Gasteiger partial charge in [-0.1, -0.05) is 0 Å². The highest BCUT2D eigenvalue weighted by Crippen LogP contribution is 2.34. The van der Waals surface area contributed by atoms with Crippen LogP contribution in [0.25, 0.3) is 0 Å². The Morgan fingerprint density at radius 2 is 0.974 bits per heavy atom. The first-order valence-electron chi connectivity index (χ1n) is 11.1. The van der Waals surface area contributed by atoms with E-state index in [1.807, 2.05) is 0 Å². The average Bonchev–Trinajstić information content (AvgIpc) is 2.82. The number of carbonyl (C=O) groups excluding carboxylic acids is 5. The lowest BCUT2D eigenvalue weighted by Crippen LogP contribution is -2.13. The summed E-state index contributed by atoms with van der Waals surface area (Å²) in [5.74, 6) is -2.22. The minimum absolute atomic E-state index is 0.00324. The number of hydrogen-bond donors (Lipinski definition) is 1. The summed E-state index contributed by atoms with van der Waals surface area (Å²) in [6.07, 6.45) is 0. The molecular weight excluding hydrogens is 498 g/mol. The molecule has 0 fully saturated rings. The summed E-state index contributed by atoms with van der Waals surface area (Å²) < 4.78 is 25.9. The first-order valence-corrected chi connectivity index (χ1v) is 11.1. The predicted molar refractivity (Wildman–Crippen MR) is 133 cm³/mol. The van der Waals surface area contributed by atoms with Gasteiger partial charge in [-0.25, -0.2) is 0 Å². The van der Waals surface area contributed by atoms with Gasteiger partial charge in [-0.2, -0.15) is 0 Å². The molecule has 11 heteroatoms. The first-order chi connectivity index (χ1) is 18.0. The second-order valence-electron chi connectivity index (χ2n) is 7.73. The Morgan fingerprint density at radius 3 is 1.50 bits per heavy atom. The number of nitrogens with one attached hydrogen (secondary N) is 1. The van der Waals surface area contributed by atoms with E-state index in [1.165, 1.54) is 64.1 Å². The third kappa shape index (κ3) is 7.92. The van der Waals surface area contributed by atoms with Gasteiger partial charge in [0.15, 0.2) is 23.0 Å². The molecule has 3 rings (SSSR count). The van der Waals surface area contributed by atoms with Crippen LogP contribution in [0.5, 0.6) is 34.5 Å². The topological polar surface area (TPSA) is 144 Å². The van der Waals surface area contributed by atoms with E-state index in [-0.39, 0.29) is 28.6 Å². The van der Waals surface area contributed by atoms with Gasteiger partial charge in [-0.3, -0.25) is 24.0 Å². The predicted octanol–water partition coefficient (Wildman–Crippen LogP) is 4.43. The van der Waals surface area contributed by atoms with Crippen molar-refractivity contribution < 1.29 is 47.7 Å². The molecule has 1 amide bonds. The smallest absolute Gasteiger partial charge is 0.308 e. The van der Waals surface area contributed by atoms with Crippen LogP contribution >= 0.6 is 0 Å². The maximum absolute atomic E-state index is 12.7. The van der Waals surface area contributed by atoms with Gasteiger partial charge in [0.2, 0.25) is 0 Å². The molecule has 0 spiro atoms. The number of rotatable bonds is 8. The minimum Gasteiger partial charge on any atom is -0.457 e. The molecule has 0 bridgehead atoms. The molecule has 0 atom stereocenters. The van der Waals surface area contributed by atoms with Gasteiger partial charge in [-0.05, 0) is 54.6 Å². The van der Waals surface area contributed by atoms with Crippen LogP contribution < -0.4 is 29.0 Å². The summed E-state index contributed by atoms with van der Waals surface area (Å²) in [7, 11) is 0. The van der Waals surface area contributed by atoms with E-state index < -0.39 is 29.8 Å². The fourth-order valence-electron chi connectivity index (χ4n) is 3.09. The SMILES string of the molecule is CC(=O)Oc1ccc(Oc2ccc(NC(=O)c3ccc(OC(C)=O)c(OC(C)=O)c3)cc2)cc1OC(C)=O. The molecule has 0 aliphatic rings. The quantitative estimate of drug-likeness (QED) is 0.334. The van der Waals surface area contributed by atoms with Crippen LogP contribution in [-0.4, -0.2) is 29.8 Å². The lowest BCUT2D eigenvalue weighted by molar-refractivity contribution is -0.134. The monoisotopic (exact) mass is 521 g/mol. The van der Waals surface area contributed by atoms with Crippen molar-refractivity contribution in [2.45, 2.75) is 27.7 Å². The number of benzene rings is 3. The van der Waals surface area contributed by atoms with E-state index in [4.69, 9.17) is 23.7 Å². The number of ether oxygens (including phenoxy) is 5. The van der Waals surface area contributed by atoms with Crippen molar-refractivity contribution in [1.82, 2.24) is 0 Å². The van der Waals surface area contributed by atoms with Crippen LogP contribution in [0, 0.1) is 0 Å². The minimum atomic E-state index is -0.646. The number of anilines is 1. The summed E-state index contributed by atoms with van der Waals surface area (Å²) in [5.41, 5.74) is 0.592. The van der Waals surface area contributed by atoms with Crippen molar-refractivity contribution in [2.24, 2.45) is 0 Å². The highest BCUT2D eigenvalue weighted by molar-refractivity contribution is 6.04. The van der Waals surface area contributed by atoms with Gasteiger partial charge in [-0.15, -0.1) is 0 Å². The van der Waals surface area contributed by atoms with Gasteiger partial charge in [0.05, 0.1) is 0 Å². The summed E-state index contributed by atoms with van der Waals surface area (Å²) in [4.78, 5) is 58.1. The molecule has 0 unspecified atom stereocenters. The van der Waals surface area contributed by atoms with Gasteiger partial charge < -0.3 is 29.0 Å². The zero-order valence-corrected chi connectivity index (χ0v) is 20.9. The van der Waals surface area contributed by atoms with Crippen molar-refractivity contribution in [3.63, 3.8) is 0 Å². The van der Waals surface area contributed by atoms with E-state index in [0.717, 1.165) is 0 Å². The van der Waals surface area contributed by atoms with Gasteiger partial charge >= 0.3 is 23.9 Å². The van der Waals surface area contributed by atoms with E-state index in [1.54, 1.807) is 24.3 Å². The van der Waals surface area contributed by atoms with Crippen molar-refractivity contribution in [3.05, 3.63) is 66.2 Å². The average molecular weight is 521 g/mol. The molecule has 0 saturated heterocycles. The third-order valence-electron chi connectivity index (χ3n) is 4.48. The fraction of sp³-hybridized carbons (Fsp3) is 0.148. The Morgan fingerprint density at radius 1 is 0.526 bits per heavy atom. The van der Waals surface area contributed by atoms with Crippen LogP contribution in [0.3, 0.4) is 0 Å². The van der Waals surface area contributed by atoms with Crippen LogP contribution in [-0.2, 0) is 19.2 Å². The summed E-state index contributed by atoms with van der Waals surface area (Å²) >= 11 is 0. The van der Waals surface area contributed by atoms with Crippen molar-refractivity contribution >= 4 is 35.5 Å². The maximum Gasteiger partial charge on any atom is 0.308 e. The molecule has 196 valence electrons. The molecule has 1 N–H and O–H groups in total. The van der Waals surface area contributed by atoms with Crippen LogP contribution in [0.1, 0.15) is 38.1 Å². The third-order valence-corrected chi connectivity index (χ3v) is 4.48. The summed E-state index contributed by atoms with van der Waals surface area (Å²) in [6.45, 7) is 4.81. The van der Waals surface area contributed by atoms with E-state index >= 15 is 0 Å². The van der Waals surface area contributed by atoms with Crippen molar-refractivity contribution in [3.8, 4) is 34.5 Å². The maximum atomic E-state index is 12.7. The lowest BCUT2D eigenvalue weighted by atomic mass is 10.1. The Bertz CT molecular complexity index is 1400. The molecule has 0 heterocycles. The molecule has 11 nitrogen and oxygen atoms in total. The second kappa shape index (κ2) is 12.2. The normalized spacial score (nSPS) is 10.1. The van der Waals surface area contributed by atoms with Gasteiger partial charge in [0.1, 0.15) is 11.5 Å². The van der Waals surface area contributed by atoms with Gasteiger partial charge in [0.25, 0.3) is 5.91 Å². The fourth-order valence-corrected chi connectivity index (χ4v) is 3.09. The van der Waals surface area contributed by atoms with Gasteiger partial charge in [0, 0.05) is 45.0 Å². The lowest BCUT2D eigenvalue weighted by Gasteiger charge is -2.12. The van der Waals surface area contributed by atoms with Crippen molar-refractivity contribution in [1.29, 1.82) is 0 Å². The molecule has 0 aliphatic carbocycles. The largest absolute Gasteiger partial charge is 0.457 e. The molecule has 3 aromatic rings. The molecule has 0 aromatic heterocycles. The molecule has 38 heavy (non-hydrogen) atoms. The highest BCUT2D eigenvalue weighted by atomic mass is 16.6. The Labute approximate surface area is 217 Å². The molecule has 0 aliphatic heterocycles. The zero-order valence-electron chi connectivity index (χ0n) is 20.9. The van der Waals surface area contributed by atoms with E-state index in [0.29, 0.717) is 17.2 Å². The van der Waals surface area contributed by atoms with E-state index in [9.17, 15) is 24.0 Å². The summed E-state index contributed by atoms with van der Waals surface area (Å²) in [5, 5.41) is 2.70. The van der Waals surface area contributed by atoms with Crippen LogP contribution in [0.4, 0.5) is 5.69 Å². The standard InChI is InChI=1S/C27H23NO10/c1-15(29)34-23-11-5-19(13-25(23)36-17(3)31)27(33)28-20-6-8-21(9-7-20)38-22-10-12-24(35-16(2)30)26(14-22)37-18(4)32/h5-14H,1-4H3,(H,28,33). The van der Waals surface area contributed by atoms with Crippen molar-refractivity contribution in [2.75, 3.05) is 5.32 Å². The Kier molecular flexibility index (Phi) is 8.78. The summed E-state index contributed by atoms with van der Waals surface area (Å²) in [6, 6.07) is 14.8.